The average molecular weight is 531 g/mol. The number of hydrogen-bond acceptors (Lipinski definition) is 8. The number of nitrogens with zero attached hydrogens (tertiary/aromatic N) is 5. The first-order chi connectivity index (χ1) is 18.4. The standard InChI is InChI=1S/C28H30N6O3S/c1-16-29-25(24-20-3-2-4-22(20)38-27(24)30-16)33-11-9-32(10-12-33)14-17-5-6-19-18(13-17)15-34(28(19)37)21-7-8-23(35)31-26(21)36/h5-6,13,21H,2-4,7-12,14-15H2,1H3,(H,31,35,36). The SMILES string of the molecule is Cc1nc(N2CCN(Cc3ccc4c(c3)CN(C3CCC(=O)NC3=O)C4=O)CC2)c2c3c(sc2n1)CCC3. The van der Waals surface area contributed by atoms with Gasteiger partial charge in [-0.2, -0.15) is 0 Å². The van der Waals surface area contributed by atoms with Gasteiger partial charge in [-0.3, -0.25) is 24.6 Å². The summed E-state index contributed by atoms with van der Waals surface area (Å²) >= 11 is 1.85. The van der Waals surface area contributed by atoms with Crippen LogP contribution in [0.3, 0.4) is 0 Å². The molecular weight excluding hydrogens is 500 g/mol. The Bertz CT molecular complexity index is 1490. The van der Waals surface area contributed by atoms with Gasteiger partial charge in [0.2, 0.25) is 11.8 Å². The zero-order chi connectivity index (χ0) is 26.0. The zero-order valence-corrected chi connectivity index (χ0v) is 22.3. The smallest absolute Gasteiger partial charge is 0.255 e. The van der Waals surface area contributed by atoms with Gasteiger partial charge in [-0.1, -0.05) is 12.1 Å². The first kappa shape index (κ1) is 23.7. The van der Waals surface area contributed by atoms with Crippen LogP contribution in [0.2, 0.25) is 0 Å². The molecule has 1 N–H and O–H groups in total. The second-order valence-electron chi connectivity index (χ2n) is 10.8. The molecule has 1 unspecified atom stereocenters. The Morgan fingerprint density at radius 3 is 2.71 bits per heavy atom. The summed E-state index contributed by atoms with van der Waals surface area (Å²) in [4.78, 5) is 55.6. The summed E-state index contributed by atoms with van der Waals surface area (Å²) in [5.41, 5.74) is 4.27. The Hall–Kier alpha value is -3.37. The van der Waals surface area contributed by atoms with E-state index >= 15 is 0 Å². The lowest BCUT2D eigenvalue weighted by atomic mass is 10.0. The van der Waals surface area contributed by atoms with E-state index < -0.39 is 6.04 Å². The molecule has 7 rings (SSSR count). The molecule has 3 amide bonds. The molecule has 2 aromatic heterocycles. The van der Waals surface area contributed by atoms with E-state index in [4.69, 9.17) is 9.97 Å². The molecule has 0 radical (unpaired) electrons. The summed E-state index contributed by atoms with van der Waals surface area (Å²) in [6, 6.07) is 5.46. The molecule has 0 spiro atoms. The molecule has 196 valence electrons. The Morgan fingerprint density at radius 2 is 1.89 bits per heavy atom. The first-order valence-electron chi connectivity index (χ1n) is 13.5. The molecule has 9 nitrogen and oxygen atoms in total. The van der Waals surface area contributed by atoms with Crippen molar-refractivity contribution in [2.24, 2.45) is 0 Å². The number of carbonyl (C=O) groups excluding carboxylic acids is 3. The van der Waals surface area contributed by atoms with Gasteiger partial charge < -0.3 is 9.80 Å². The van der Waals surface area contributed by atoms with Crippen molar-refractivity contribution in [3.63, 3.8) is 0 Å². The maximum absolute atomic E-state index is 13.0. The highest BCUT2D eigenvalue weighted by Crippen LogP contribution is 2.40. The van der Waals surface area contributed by atoms with E-state index in [1.165, 1.54) is 34.2 Å². The molecule has 0 saturated carbocycles. The lowest BCUT2D eigenvalue weighted by Crippen LogP contribution is -2.52. The molecule has 2 saturated heterocycles. The maximum Gasteiger partial charge on any atom is 0.255 e. The molecule has 4 aliphatic rings. The number of aromatic nitrogens is 2. The highest BCUT2D eigenvalue weighted by Gasteiger charge is 2.39. The lowest BCUT2D eigenvalue weighted by molar-refractivity contribution is -0.136. The normalized spacial score (nSPS) is 21.8. The number of rotatable bonds is 4. The molecule has 1 aliphatic carbocycles. The van der Waals surface area contributed by atoms with Crippen LogP contribution in [0.1, 0.15) is 57.0 Å². The Morgan fingerprint density at radius 1 is 1.05 bits per heavy atom. The summed E-state index contributed by atoms with van der Waals surface area (Å²) in [6.45, 7) is 6.94. The van der Waals surface area contributed by atoms with Crippen LogP contribution in [-0.4, -0.2) is 69.7 Å². The number of hydrogen-bond donors (Lipinski definition) is 1. The molecule has 1 atom stereocenters. The van der Waals surface area contributed by atoms with Gasteiger partial charge >= 0.3 is 0 Å². The van der Waals surface area contributed by atoms with Gasteiger partial charge in [0.1, 0.15) is 22.5 Å². The van der Waals surface area contributed by atoms with E-state index in [0.717, 1.165) is 61.2 Å². The van der Waals surface area contributed by atoms with Crippen molar-refractivity contribution in [1.29, 1.82) is 0 Å². The van der Waals surface area contributed by atoms with Crippen LogP contribution in [0.15, 0.2) is 18.2 Å². The highest BCUT2D eigenvalue weighted by molar-refractivity contribution is 7.19. The molecule has 2 fully saturated rings. The summed E-state index contributed by atoms with van der Waals surface area (Å²) in [6.07, 6.45) is 4.18. The third-order valence-corrected chi connectivity index (χ3v) is 9.51. The topological polar surface area (TPSA) is 98.7 Å². The molecular formula is C28H30N6O3S. The number of amides is 3. The third-order valence-electron chi connectivity index (χ3n) is 8.32. The van der Waals surface area contributed by atoms with Gasteiger partial charge in [-0.05, 0) is 55.4 Å². The summed E-state index contributed by atoms with van der Waals surface area (Å²) in [5, 5.41) is 3.65. The van der Waals surface area contributed by atoms with E-state index in [1.54, 1.807) is 4.90 Å². The van der Waals surface area contributed by atoms with Crippen LogP contribution < -0.4 is 10.2 Å². The van der Waals surface area contributed by atoms with Crippen molar-refractivity contribution in [2.75, 3.05) is 31.1 Å². The number of anilines is 1. The minimum Gasteiger partial charge on any atom is -0.353 e. The molecule has 1 aromatic carbocycles. The van der Waals surface area contributed by atoms with Crippen molar-refractivity contribution >= 4 is 45.1 Å². The zero-order valence-electron chi connectivity index (χ0n) is 21.5. The summed E-state index contributed by atoms with van der Waals surface area (Å²) in [5.74, 6) is 1.19. The fourth-order valence-electron chi connectivity index (χ4n) is 6.41. The van der Waals surface area contributed by atoms with Gasteiger partial charge in [0.15, 0.2) is 0 Å². The third kappa shape index (κ3) is 3.97. The second kappa shape index (κ2) is 9.13. The maximum atomic E-state index is 13.0. The number of piperidine rings is 1. The van der Waals surface area contributed by atoms with Crippen LogP contribution in [-0.2, 0) is 35.5 Å². The van der Waals surface area contributed by atoms with Crippen molar-refractivity contribution in [2.45, 2.75) is 58.2 Å². The lowest BCUT2D eigenvalue weighted by Gasteiger charge is -2.36. The van der Waals surface area contributed by atoms with E-state index in [1.807, 2.05) is 30.4 Å². The van der Waals surface area contributed by atoms with Gasteiger partial charge in [-0.15, -0.1) is 11.3 Å². The van der Waals surface area contributed by atoms with Crippen LogP contribution in [0.25, 0.3) is 10.2 Å². The fraction of sp³-hybridized carbons (Fsp3) is 0.464. The van der Waals surface area contributed by atoms with Crippen molar-refractivity contribution in [1.82, 2.24) is 25.1 Å². The Kier molecular flexibility index (Phi) is 5.70. The number of piperazine rings is 1. The predicted octanol–water partition coefficient (Wildman–Crippen LogP) is 2.57. The van der Waals surface area contributed by atoms with E-state index in [2.05, 4.69) is 21.2 Å². The first-order valence-corrected chi connectivity index (χ1v) is 14.3. The largest absolute Gasteiger partial charge is 0.353 e. The molecule has 38 heavy (non-hydrogen) atoms. The second-order valence-corrected chi connectivity index (χ2v) is 11.9. The summed E-state index contributed by atoms with van der Waals surface area (Å²) in [7, 11) is 0. The van der Waals surface area contributed by atoms with Gasteiger partial charge in [0.05, 0.1) is 5.39 Å². The predicted molar refractivity (Wildman–Crippen MR) is 144 cm³/mol. The number of thiophene rings is 1. The highest BCUT2D eigenvalue weighted by atomic mass is 32.1. The van der Waals surface area contributed by atoms with E-state index in [0.29, 0.717) is 18.5 Å². The Balaban J connectivity index is 1.03. The molecule has 3 aromatic rings. The van der Waals surface area contributed by atoms with Crippen LogP contribution >= 0.6 is 11.3 Å². The molecule has 3 aliphatic heterocycles. The van der Waals surface area contributed by atoms with Crippen molar-refractivity contribution < 1.29 is 14.4 Å². The quantitative estimate of drug-likeness (QED) is 0.518. The minimum atomic E-state index is -0.578. The van der Waals surface area contributed by atoms with Gasteiger partial charge in [-0.25, -0.2) is 9.97 Å². The van der Waals surface area contributed by atoms with Gasteiger partial charge in [0, 0.05) is 56.1 Å². The van der Waals surface area contributed by atoms with E-state index in [9.17, 15) is 14.4 Å². The number of fused-ring (bicyclic) bond motifs is 4. The number of carbonyl (C=O) groups is 3. The number of imide groups is 1. The van der Waals surface area contributed by atoms with Crippen molar-refractivity contribution in [3.8, 4) is 0 Å². The summed E-state index contributed by atoms with van der Waals surface area (Å²) < 4.78 is 0. The van der Waals surface area contributed by atoms with Crippen LogP contribution in [0.4, 0.5) is 5.82 Å². The van der Waals surface area contributed by atoms with Crippen LogP contribution in [0.5, 0.6) is 0 Å². The fourth-order valence-corrected chi connectivity index (χ4v) is 7.71. The molecule has 5 heterocycles. The van der Waals surface area contributed by atoms with Crippen LogP contribution in [0, 0.1) is 6.92 Å². The number of nitrogens with one attached hydrogen (secondary N) is 1. The monoisotopic (exact) mass is 530 g/mol. The average Bonchev–Trinajstić information content (AvgIpc) is 3.57. The minimum absolute atomic E-state index is 0.124. The van der Waals surface area contributed by atoms with Gasteiger partial charge in [0.25, 0.3) is 5.91 Å². The van der Waals surface area contributed by atoms with E-state index in [-0.39, 0.29) is 24.1 Å². The number of benzene rings is 1. The Labute approximate surface area is 224 Å². The molecule has 0 bridgehead atoms. The van der Waals surface area contributed by atoms with Crippen molar-refractivity contribution in [3.05, 3.63) is 51.2 Å². The molecule has 10 heteroatoms. The number of aryl methyl sites for hydroxylation is 3.